The number of carbonyl (C=O) groups is 1. The van der Waals surface area contributed by atoms with Crippen molar-refractivity contribution in [2.45, 2.75) is 32.9 Å². The quantitative estimate of drug-likeness (QED) is 0.275. The molecule has 1 amide bonds. The van der Waals surface area contributed by atoms with Crippen LogP contribution < -0.4 is 4.90 Å². The zero-order valence-electron chi connectivity index (χ0n) is 22.6. The highest BCUT2D eigenvalue weighted by molar-refractivity contribution is 5.94. The number of nitrogens with zero attached hydrogens (tertiary/aromatic N) is 4. The van der Waals surface area contributed by atoms with Gasteiger partial charge in [-0.2, -0.15) is 13.2 Å². The molecule has 1 saturated heterocycles. The number of hydrogen-bond donors (Lipinski definition) is 0. The number of piperazine rings is 1. The van der Waals surface area contributed by atoms with E-state index >= 15 is 0 Å². The van der Waals surface area contributed by atoms with Crippen LogP contribution in [0.2, 0.25) is 0 Å². The smallest absolute Gasteiger partial charge is 0.353 e. The van der Waals surface area contributed by atoms with Crippen LogP contribution in [0, 0.1) is 6.92 Å². The molecule has 206 valence electrons. The third-order valence-electron chi connectivity index (χ3n) is 7.34. The molecule has 4 aromatic rings. The van der Waals surface area contributed by atoms with Crippen molar-refractivity contribution in [3.8, 4) is 11.4 Å². The van der Waals surface area contributed by atoms with Gasteiger partial charge in [-0.1, -0.05) is 61.5 Å². The molecule has 0 aliphatic carbocycles. The van der Waals surface area contributed by atoms with E-state index in [2.05, 4.69) is 16.8 Å². The Kier molecular flexibility index (Phi) is 7.87. The lowest BCUT2D eigenvalue weighted by molar-refractivity contribution is -0.137. The normalized spacial score (nSPS) is 13.9. The molecular formula is C32H31F3N4O. The van der Waals surface area contributed by atoms with Crippen molar-refractivity contribution in [1.82, 2.24) is 14.9 Å². The minimum absolute atomic E-state index is 0.00432. The molecule has 2 heterocycles. The van der Waals surface area contributed by atoms with Gasteiger partial charge >= 0.3 is 6.18 Å². The Labute approximate surface area is 232 Å². The number of hydrogen-bond acceptors (Lipinski definition) is 4. The molecule has 3 aromatic carbocycles. The van der Waals surface area contributed by atoms with E-state index in [0.717, 1.165) is 35.4 Å². The van der Waals surface area contributed by atoms with Crippen molar-refractivity contribution in [3.05, 3.63) is 112 Å². The number of anilines is 1. The van der Waals surface area contributed by atoms with Crippen LogP contribution in [0.5, 0.6) is 0 Å². The molecule has 5 nitrogen and oxygen atoms in total. The lowest BCUT2D eigenvalue weighted by Crippen LogP contribution is -2.49. The average Bonchev–Trinajstić information content (AvgIpc) is 2.98. The summed E-state index contributed by atoms with van der Waals surface area (Å²) >= 11 is 0. The Morgan fingerprint density at radius 1 is 0.850 bits per heavy atom. The molecule has 1 fully saturated rings. The van der Waals surface area contributed by atoms with Crippen molar-refractivity contribution < 1.29 is 18.0 Å². The molecule has 1 aromatic heterocycles. The molecule has 0 spiro atoms. The first-order valence-corrected chi connectivity index (χ1v) is 13.4. The van der Waals surface area contributed by atoms with Gasteiger partial charge in [0, 0.05) is 55.0 Å². The Bertz CT molecular complexity index is 1480. The maximum atomic E-state index is 13.4. The van der Waals surface area contributed by atoms with Crippen LogP contribution in [-0.4, -0.2) is 47.0 Å². The SMILES string of the molecule is CCc1ccc(C(=O)N2CCN(c3nc(-c4cccc(C(F)(F)F)c4)nc(C)c3Cc3ccccc3)CC2)cc1. The first-order valence-electron chi connectivity index (χ1n) is 13.4. The number of benzene rings is 3. The number of rotatable bonds is 6. The molecule has 1 aliphatic heterocycles. The Balaban J connectivity index is 1.45. The lowest BCUT2D eigenvalue weighted by Gasteiger charge is -2.36. The van der Waals surface area contributed by atoms with Crippen molar-refractivity contribution in [1.29, 1.82) is 0 Å². The van der Waals surface area contributed by atoms with Gasteiger partial charge in [0.2, 0.25) is 0 Å². The van der Waals surface area contributed by atoms with Crippen molar-refractivity contribution in [2.24, 2.45) is 0 Å². The summed E-state index contributed by atoms with van der Waals surface area (Å²) in [6, 6.07) is 22.8. The van der Waals surface area contributed by atoms with E-state index in [1.807, 2.05) is 66.4 Å². The predicted octanol–water partition coefficient (Wildman–Crippen LogP) is 6.59. The molecule has 0 bridgehead atoms. The summed E-state index contributed by atoms with van der Waals surface area (Å²) in [7, 11) is 0. The van der Waals surface area contributed by atoms with E-state index in [9.17, 15) is 18.0 Å². The van der Waals surface area contributed by atoms with Crippen LogP contribution in [-0.2, 0) is 19.0 Å². The number of alkyl halides is 3. The minimum atomic E-state index is -4.46. The highest BCUT2D eigenvalue weighted by atomic mass is 19.4. The number of carbonyl (C=O) groups excluding carboxylic acids is 1. The molecule has 8 heteroatoms. The summed E-state index contributed by atoms with van der Waals surface area (Å²) in [5.74, 6) is 0.948. The molecule has 40 heavy (non-hydrogen) atoms. The van der Waals surface area contributed by atoms with Crippen LogP contribution in [0.15, 0.2) is 78.9 Å². The predicted molar refractivity (Wildman–Crippen MR) is 150 cm³/mol. The second kappa shape index (κ2) is 11.5. The van der Waals surface area contributed by atoms with Gasteiger partial charge in [-0.15, -0.1) is 0 Å². The molecule has 0 atom stereocenters. The zero-order valence-corrected chi connectivity index (χ0v) is 22.6. The fourth-order valence-corrected chi connectivity index (χ4v) is 5.00. The van der Waals surface area contributed by atoms with Gasteiger partial charge in [0.15, 0.2) is 5.82 Å². The zero-order chi connectivity index (χ0) is 28.3. The van der Waals surface area contributed by atoms with Crippen LogP contribution >= 0.6 is 0 Å². The van der Waals surface area contributed by atoms with E-state index < -0.39 is 11.7 Å². The van der Waals surface area contributed by atoms with Crippen LogP contribution in [0.3, 0.4) is 0 Å². The average molecular weight is 545 g/mol. The van der Waals surface area contributed by atoms with Gasteiger partial charge in [-0.25, -0.2) is 9.97 Å². The fourth-order valence-electron chi connectivity index (χ4n) is 5.00. The summed E-state index contributed by atoms with van der Waals surface area (Å²) in [5, 5.41) is 0. The summed E-state index contributed by atoms with van der Waals surface area (Å²) < 4.78 is 40.3. The molecule has 0 N–H and O–H groups in total. The molecule has 0 saturated carbocycles. The van der Waals surface area contributed by atoms with Gasteiger partial charge in [-0.3, -0.25) is 4.79 Å². The lowest BCUT2D eigenvalue weighted by atomic mass is 10.0. The highest BCUT2D eigenvalue weighted by Crippen LogP contribution is 2.33. The van der Waals surface area contributed by atoms with Crippen LogP contribution in [0.4, 0.5) is 19.0 Å². The molecule has 0 radical (unpaired) electrons. The molecule has 1 aliphatic rings. The van der Waals surface area contributed by atoms with Gasteiger partial charge in [-0.05, 0) is 48.7 Å². The monoisotopic (exact) mass is 544 g/mol. The first kappa shape index (κ1) is 27.4. The van der Waals surface area contributed by atoms with Gasteiger partial charge in [0.1, 0.15) is 5.82 Å². The molecule has 5 rings (SSSR count). The van der Waals surface area contributed by atoms with Crippen LogP contribution in [0.1, 0.15) is 45.2 Å². The van der Waals surface area contributed by atoms with E-state index in [1.165, 1.54) is 11.6 Å². The number of halogens is 3. The van der Waals surface area contributed by atoms with E-state index in [4.69, 9.17) is 4.98 Å². The summed E-state index contributed by atoms with van der Waals surface area (Å²) in [5.41, 5.74) is 4.16. The summed E-state index contributed by atoms with van der Waals surface area (Å²) in [6.07, 6.45) is -2.95. The first-order chi connectivity index (χ1) is 19.2. The second-order valence-corrected chi connectivity index (χ2v) is 10.0. The van der Waals surface area contributed by atoms with Crippen molar-refractivity contribution in [3.63, 3.8) is 0 Å². The Morgan fingerprint density at radius 2 is 1.55 bits per heavy atom. The summed E-state index contributed by atoms with van der Waals surface area (Å²) in [4.78, 5) is 26.6. The largest absolute Gasteiger partial charge is 0.416 e. The second-order valence-electron chi connectivity index (χ2n) is 10.0. The summed E-state index contributed by atoms with van der Waals surface area (Å²) in [6.45, 7) is 6.09. The highest BCUT2D eigenvalue weighted by Gasteiger charge is 2.31. The fraction of sp³-hybridized carbons (Fsp3) is 0.281. The van der Waals surface area contributed by atoms with Gasteiger partial charge in [0.25, 0.3) is 5.91 Å². The van der Waals surface area contributed by atoms with Crippen molar-refractivity contribution >= 4 is 11.7 Å². The topological polar surface area (TPSA) is 49.3 Å². The Morgan fingerprint density at radius 3 is 2.20 bits per heavy atom. The molecule has 0 unspecified atom stereocenters. The third-order valence-corrected chi connectivity index (χ3v) is 7.34. The maximum Gasteiger partial charge on any atom is 0.416 e. The minimum Gasteiger partial charge on any atom is -0.353 e. The third kappa shape index (κ3) is 6.01. The standard InChI is InChI=1S/C32H31F3N4O/c1-3-23-12-14-25(15-13-23)31(40)39-18-16-38(17-19-39)30-28(20-24-8-5-4-6-9-24)22(2)36-29(37-30)26-10-7-11-27(21-26)32(33,34)35/h4-15,21H,3,16-20H2,1-2H3. The van der Waals surface area contributed by atoms with Gasteiger partial charge in [0.05, 0.1) is 5.56 Å². The van der Waals surface area contributed by atoms with E-state index in [-0.39, 0.29) is 11.7 Å². The van der Waals surface area contributed by atoms with E-state index in [0.29, 0.717) is 49.5 Å². The molecular weight excluding hydrogens is 513 g/mol. The van der Waals surface area contributed by atoms with Gasteiger partial charge < -0.3 is 9.80 Å². The van der Waals surface area contributed by atoms with E-state index in [1.54, 1.807) is 6.07 Å². The number of aromatic nitrogens is 2. The van der Waals surface area contributed by atoms with Crippen LogP contribution in [0.25, 0.3) is 11.4 Å². The van der Waals surface area contributed by atoms with Crippen molar-refractivity contribution in [2.75, 3.05) is 31.1 Å². The Hall–Kier alpha value is -4.20. The number of amides is 1. The number of aryl methyl sites for hydroxylation is 2. The maximum absolute atomic E-state index is 13.4.